The summed E-state index contributed by atoms with van der Waals surface area (Å²) in [5.41, 5.74) is 18.3. The van der Waals surface area contributed by atoms with Crippen molar-refractivity contribution in [3.63, 3.8) is 0 Å². The summed E-state index contributed by atoms with van der Waals surface area (Å²) in [6.07, 6.45) is 2.24. The molecule has 0 aliphatic carbocycles. The first-order valence-electron chi connectivity index (χ1n) is 23.6. The van der Waals surface area contributed by atoms with Gasteiger partial charge in [0.15, 0.2) is 0 Å². The normalized spacial score (nSPS) is 11.8. The van der Waals surface area contributed by atoms with Gasteiger partial charge in [-0.15, -0.1) is 0 Å². The van der Waals surface area contributed by atoms with Crippen LogP contribution in [0.1, 0.15) is 18.9 Å². The fourth-order valence-corrected chi connectivity index (χ4v) is 10.9. The molecule has 316 valence electrons. The first-order valence-corrected chi connectivity index (χ1v) is 23.6. The van der Waals surface area contributed by atoms with Crippen LogP contribution in [0.15, 0.2) is 237 Å². The molecule has 0 radical (unpaired) electrons. The van der Waals surface area contributed by atoms with Crippen LogP contribution in [0.3, 0.4) is 0 Å². The molecule has 0 N–H and O–H groups in total. The fraction of sp³-hybridized carbons (Fsp3) is 0.0462. The van der Waals surface area contributed by atoms with E-state index in [-0.39, 0.29) is 0 Å². The lowest BCUT2D eigenvalue weighted by Gasteiger charge is -2.18. The number of benzene rings is 11. The van der Waals surface area contributed by atoms with Gasteiger partial charge in [0.05, 0.1) is 22.1 Å². The van der Waals surface area contributed by atoms with Crippen molar-refractivity contribution in [1.82, 2.24) is 9.13 Å². The van der Waals surface area contributed by atoms with Gasteiger partial charge in [-0.25, -0.2) is 0 Å². The molecule has 13 rings (SSSR count). The Labute approximate surface area is 390 Å². The molecule has 0 atom stereocenters. The zero-order chi connectivity index (χ0) is 44.4. The highest BCUT2D eigenvalue weighted by Gasteiger charge is 2.19. The van der Waals surface area contributed by atoms with Crippen molar-refractivity contribution >= 4 is 65.2 Å². The number of aromatic nitrogens is 2. The summed E-state index contributed by atoms with van der Waals surface area (Å²) in [6, 6.07) is 87.6. The molecular weight excluding hydrogens is 809 g/mol. The van der Waals surface area contributed by atoms with Crippen LogP contribution in [0.5, 0.6) is 0 Å². The third kappa shape index (κ3) is 6.40. The maximum atomic E-state index is 2.45. The minimum Gasteiger partial charge on any atom is -0.309 e. The summed E-state index contributed by atoms with van der Waals surface area (Å²) < 4.78 is 4.84. The molecule has 2 heteroatoms. The highest BCUT2D eigenvalue weighted by atomic mass is 15.0. The number of hydrogen-bond donors (Lipinski definition) is 0. The molecule has 0 aliphatic heterocycles. The minimum absolute atomic E-state index is 1.10. The van der Waals surface area contributed by atoms with E-state index < -0.39 is 0 Å². The molecular formula is C65H46N2. The lowest BCUT2D eigenvalue weighted by molar-refractivity contribution is 0.922. The van der Waals surface area contributed by atoms with E-state index in [1.165, 1.54) is 115 Å². The Bertz CT molecular complexity index is 3890. The summed E-state index contributed by atoms with van der Waals surface area (Å²) in [4.78, 5) is 0. The summed E-state index contributed by atoms with van der Waals surface area (Å²) in [5.74, 6) is 0. The Morgan fingerprint density at radius 3 is 1.06 bits per heavy atom. The van der Waals surface area contributed by atoms with Gasteiger partial charge in [0.1, 0.15) is 0 Å². The van der Waals surface area contributed by atoms with Gasteiger partial charge >= 0.3 is 0 Å². The smallest absolute Gasteiger partial charge is 0.0541 e. The van der Waals surface area contributed by atoms with Gasteiger partial charge in [0.2, 0.25) is 0 Å². The third-order valence-electron chi connectivity index (χ3n) is 14.0. The minimum atomic E-state index is 1.10. The fourth-order valence-electron chi connectivity index (χ4n) is 10.9. The molecule has 0 bridgehead atoms. The molecule has 67 heavy (non-hydrogen) atoms. The topological polar surface area (TPSA) is 9.86 Å². The van der Waals surface area contributed by atoms with Crippen LogP contribution in [-0.4, -0.2) is 9.13 Å². The Hall–Kier alpha value is -8.46. The van der Waals surface area contributed by atoms with E-state index in [9.17, 15) is 0 Å². The molecule has 0 amide bonds. The highest BCUT2D eigenvalue weighted by molar-refractivity contribution is 6.21. The van der Waals surface area contributed by atoms with Crippen LogP contribution in [0.4, 0.5) is 0 Å². The van der Waals surface area contributed by atoms with Gasteiger partial charge in [0, 0.05) is 32.9 Å². The van der Waals surface area contributed by atoms with Gasteiger partial charge in [0.25, 0.3) is 0 Å². The number of rotatable bonds is 8. The van der Waals surface area contributed by atoms with Gasteiger partial charge in [-0.2, -0.15) is 0 Å². The van der Waals surface area contributed by atoms with Crippen molar-refractivity contribution in [2.45, 2.75) is 19.8 Å². The number of fused-ring (bicyclic) bond motifs is 8. The second kappa shape index (κ2) is 15.9. The molecule has 0 fully saturated rings. The van der Waals surface area contributed by atoms with Crippen LogP contribution in [0.2, 0.25) is 0 Å². The van der Waals surface area contributed by atoms with E-state index in [0.717, 1.165) is 24.2 Å². The molecule has 0 unspecified atom stereocenters. The zero-order valence-corrected chi connectivity index (χ0v) is 37.3. The number of nitrogens with zero attached hydrogens (tertiary/aromatic N) is 2. The van der Waals surface area contributed by atoms with Crippen molar-refractivity contribution in [3.05, 3.63) is 242 Å². The molecule has 2 aromatic heterocycles. The maximum absolute atomic E-state index is 2.45. The van der Waals surface area contributed by atoms with Crippen molar-refractivity contribution < 1.29 is 0 Å². The van der Waals surface area contributed by atoms with Gasteiger partial charge < -0.3 is 9.13 Å². The van der Waals surface area contributed by atoms with E-state index in [2.05, 4.69) is 253 Å². The average molecular weight is 855 g/mol. The predicted octanol–water partition coefficient (Wildman–Crippen LogP) is 17.8. The Kier molecular flexibility index (Phi) is 9.25. The Morgan fingerprint density at radius 1 is 0.269 bits per heavy atom. The lowest BCUT2D eigenvalue weighted by atomic mass is 9.86. The monoisotopic (exact) mass is 854 g/mol. The van der Waals surface area contributed by atoms with Gasteiger partial charge in [-0.3, -0.25) is 0 Å². The van der Waals surface area contributed by atoms with Crippen LogP contribution in [0.25, 0.3) is 121 Å². The molecule has 2 nitrogen and oxygen atoms in total. The van der Waals surface area contributed by atoms with Crippen molar-refractivity contribution in [3.8, 4) is 55.9 Å². The number of hydrogen-bond acceptors (Lipinski definition) is 0. The van der Waals surface area contributed by atoms with Gasteiger partial charge in [-0.1, -0.05) is 189 Å². The van der Waals surface area contributed by atoms with E-state index in [1.54, 1.807) is 0 Å². The molecule has 0 saturated heterocycles. The quantitative estimate of drug-likeness (QED) is 0.135. The van der Waals surface area contributed by atoms with Crippen molar-refractivity contribution in [1.29, 1.82) is 0 Å². The van der Waals surface area contributed by atoms with Crippen LogP contribution in [-0.2, 0) is 6.42 Å². The summed E-state index contributed by atoms with van der Waals surface area (Å²) in [5, 5.41) is 10.1. The SMILES string of the molecule is CCCc1ccc(-c2ccc3c(c2)c2cc(-c4ccc(-n5c6ccccc6c6ccccc65)cc4)ccc2n3-c2ccc(-c3c4ccccc4c(-c4ccccc4)c4ccccc34)cc2)cc1. The maximum Gasteiger partial charge on any atom is 0.0541 e. The van der Waals surface area contributed by atoms with E-state index in [1.807, 2.05) is 0 Å². The largest absolute Gasteiger partial charge is 0.309 e. The molecule has 0 spiro atoms. The summed E-state index contributed by atoms with van der Waals surface area (Å²) in [6.45, 7) is 2.24. The molecule has 13 aromatic rings. The first kappa shape index (κ1) is 39.0. The second-order valence-electron chi connectivity index (χ2n) is 17.9. The van der Waals surface area contributed by atoms with Crippen LogP contribution < -0.4 is 0 Å². The van der Waals surface area contributed by atoms with Crippen LogP contribution >= 0.6 is 0 Å². The van der Waals surface area contributed by atoms with E-state index in [4.69, 9.17) is 0 Å². The predicted molar refractivity (Wildman–Crippen MR) is 286 cm³/mol. The average Bonchev–Trinajstić information content (AvgIpc) is 3.91. The van der Waals surface area contributed by atoms with Crippen molar-refractivity contribution in [2.24, 2.45) is 0 Å². The second-order valence-corrected chi connectivity index (χ2v) is 17.9. The van der Waals surface area contributed by atoms with Crippen LogP contribution in [0, 0.1) is 0 Å². The first-order chi connectivity index (χ1) is 33.2. The van der Waals surface area contributed by atoms with Gasteiger partial charge in [-0.05, 0) is 139 Å². The Morgan fingerprint density at radius 2 is 0.612 bits per heavy atom. The van der Waals surface area contributed by atoms with E-state index in [0.29, 0.717) is 0 Å². The summed E-state index contributed by atoms with van der Waals surface area (Å²) in [7, 11) is 0. The molecule has 11 aromatic carbocycles. The lowest BCUT2D eigenvalue weighted by Crippen LogP contribution is -1.95. The standard InChI is InChI=1S/C65H46N2/c1-2-14-43-25-27-44(28-26-43)48-33-39-62-58(41-48)59-42-49(45-29-35-50(36-30-45)66-60-23-12-10-17-52(60)53-18-11-13-24-61(53)66)34-40-63(59)67(62)51-37-31-47(32-38-51)65-56-21-8-6-19-54(56)64(46-15-4-3-5-16-46)55-20-7-9-22-57(55)65/h3-13,15-42H,2,14H2,1H3. The third-order valence-corrected chi connectivity index (χ3v) is 14.0. The summed E-state index contributed by atoms with van der Waals surface area (Å²) >= 11 is 0. The Balaban J connectivity index is 0.949. The number of aryl methyl sites for hydroxylation is 1. The van der Waals surface area contributed by atoms with E-state index >= 15 is 0 Å². The van der Waals surface area contributed by atoms with Crippen molar-refractivity contribution in [2.75, 3.05) is 0 Å². The molecule has 0 aliphatic rings. The number of para-hydroxylation sites is 2. The highest BCUT2D eigenvalue weighted by Crippen LogP contribution is 2.44. The molecule has 2 heterocycles. The zero-order valence-electron chi connectivity index (χ0n) is 37.3. The molecule has 0 saturated carbocycles.